The molecule has 0 heterocycles. The molecule has 0 aromatic heterocycles. The second-order valence-electron chi connectivity index (χ2n) is 4.96. The van der Waals surface area contributed by atoms with Crippen LogP contribution in [-0.4, -0.2) is 32.3 Å². The SMILES string of the molecule is CCC(COC)NCC(C)C(=O)OCc1ccccc1. The van der Waals surface area contributed by atoms with Crippen LogP contribution in [0.5, 0.6) is 0 Å². The summed E-state index contributed by atoms with van der Waals surface area (Å²) in [5, 5.41) is 3.32. The molecule has 1 aromatic rings. The van der Waals surface area contributed by atoms with E-state index in [1.54, 1.807) is 7.11 Å². The Bertz CT molecular complexity index is 381. The van der Waals surface area contributed by atoms with E-state index in [1.807, 2.05) is 37.3 Å². The van der Waals surface area contributed by atoms with E-state index in [1.165, 1.54) is 0 Å². The van der Waals surface area contributed by atoms with E-state index >= 15 is 0 Å². The molecule has 112 valence electrons. The molecule has 0 bridgehead atoms. The van der Waals surface area contributed by atoms with Crippen LogP contribution >= 0.6 is 0 Å². The van der Waals surface area contributed by atoms with Gasteiger partial charge in [0, 0.05) is 19.7 Å². The topological polar surface area (TPSA) is 47.6 Å². The predicted molar refractivity (Wildman–Crippen MR) is 79.4 cm³/mol. The van der Waals surface area contributed by atoms with Crippen molar-refractivity contribution in [2.75, 3.05) is 20.3 Å². The van der Waals surface area contributed by atoms with Gasteiger partial charge in [-0.15, -0.1) is 0 Å². The van der Waals surface area contributed by atoms with Gasteiger partial charge in [-0.25, -0.2) is 0 Å². The Morgan fingerprint density at radius 3 is 2.60 bits per heavy atom. The molecule has 2 atom stereocenters. The van der Waals surface area contributed by atoms with E-state index in [9.17, 15) is 4.79 Å². The molecule has 1 N–H and O–H groups in total. The van der Waals surface area contributed by atoms with Crippen molar-refractivity contribution in [2.24, 2.45) is 5.92 Å². The van der Waals surface area contributed by atoms with Crippen molar-refractivity contribution >= 4 is 5.97 Å². The van der Waals surface area contributed by atoms with Crippen LogP contribution in [0.4, 0.5) is 0 Å². The highest BCUT2D eigenvalue weighted by Gasteiger charge is 2.16. The lowest BCUT2D eigenvalue weighted by molar-refractivity contribution is -0.149. The van der Waals surface area contributed by atoms with E-state index in [-0.39, 0.29) is 17.9 Å². The summed E-state index contributed by atoms with van der Waals surface area (Å²) in [6.07, 6.45) is 0.972. The second-order valence-corrected chi connectivity index (χ2v) is 4.96. The van der Waals surface area contributed by atoms with Gasteiger partial charge in [-0.05, 0) is 12.0 Å². The van der Waals surface area contributed by atoms with E-state index < -0.39 is 0 Å². The third kappa shape index (κ3) is 6.17. The number of esters is 1. The summed E-state index contributed by atoms with van der Waals surface area (Å²) in [5.74, 6) is -0.335. The zero-order valence-electron chi connectivity index (χ0n) is 12.6. The van der Waals surface area contributed by atoms with Gasteiger partial charge in [0.15, 0.2) is 0 Å². The summed E-state index contributed by atoms with van der Waals surface area (Å²) in [7, 11) is 1.68. The largest absolute Gasteiger partial charge is 0.461 e. The Labute approximate surface area is 121 Å². The van der Waals surface area contributed by atoms with Crippen LogP contribution in [0, 0.1) is 5.92 Å². The minimum atomic E-state index is -0.173. The molecular formula is C16H25NO3. The maximum absolute atomic E-state index is 11.9. The molecule has 0 saturated carbocycles. The second kappa shape index (κ2) is 9.50. The van der Waals surface area contributed by atoms with Crippen LogP contribution in [-0.2, 0) is 20.9 Å². The van der Waals surface area contributed by atoms with Gasteiger partial charge >= 0.3 is 5.97 Å². The molecule has 0 saturated heterocycles. The van der Waals surface area contributed by atoms with Crippen LogP contribution in [0.2, 0.25) is 0 Å². The van der Waals surface area contributed by atoms with Gasteiger partial charge in [0.05, 0.1) is 12.5 Å². The number of rotatable bonds is 9. The van der Waals surface area contributed by atoms with Crippen molar-refractivity contribution in [3.8, 4) is 0 Å². The summed E-state index contributed by atoms with van der Waals surface area (Å²) >= 11 is 0. The number of hydrogen-bond donors (Lipinski definition) is 1. The molecule has 20 heavy (non-hydrogen) atoms. The number of nitrogens with one attached hydrogen (secondary N) is 1. The van der Waals surface area contributed by atoms with Gasteiger partial charge in [-0.1, -0.05) is 44.2 Å². The van der Waals surface area contributed by atoms with Gasteiger partial charge in [0.25, 0.3) is 0 Å². The molecule has 0 spiro atoms. The lowest BCUT2D eigenvalue weighted by Crippen LogP contribution is -2.37. The third-order valence-electron chi connectivity index (χ3n) is 3.20. The zero-order valence-corrected chi connectivity index (χ0v) is 12.6. The highest BCUT2D eigenvalue weighted by molar-refractivity contribution is 5.72. The Morgan fingerprint density at radius 2 is 2.00 bits per heavy atom. The van der Waals surface area contributed by atoms with Gasteiger partial charge < -0.3 is 14.8 Å². The third-order valence-corrected chi connectivity index (χ3v) is 3.20. The fourth-order valence-electron chi connectivity index (χ4n) is 1.82. The van der Waals surface area contributed by atoms with Gasteiger partial charge in [0.1, 0.15) is 6.61 Å². The summed E-state index contributed by atoms with van der Waals surface area (Å²) in [4.78, 5) is 11.9. The van der Waals surface area contributed by atoms with Crippen molar-refractivity contribution in [3.63, 3.8) is 0 Å². The van der Waals surface area contributed by atoms with Crippen molar-refractivity contribution in [3.05, 3.63) is 35.9 Å². The monoisotopic (exact) mass is 279 g/mol. The van der Waals surface area contributed by atoms with Crippen LogP contribution in [0.3, 0.4) is 0 Å². The van der Waals surface area contributed by atoms with E-state index in [0.29, 0.717) is 19.8 Å². The number of carbonyl (C=O) groups is 1. The average Bonchev–Trinajstić information content (AvgIpc) is 2.49. The smallest absolute Gasteiger partial charge is 0.310 e. The molecule has 1 rings (SSSR count). The van der Waals surface area contributed by atoms with Crippen LogP contribution in [0.25, 0.3) is 0 Å². The van der Waals surface area contributed by atoms with Gasteiger partial charge in [0.2, 0.25) is 0 Å². The fourth-order valence-corrected chi connectivity index (χ4v) is 1.82. The number of carbonyl (C=O) groups excluding carboxylic acids is 1. The maximum Gasteiger partial charge on any atom is 0.310 e. The van der Waals surface area contributed by atoms with E-state index in [4.69, 9.17) is 9.47 Å². The Hall–Kier alpha value is -1.39. The molecule has 0 amide bonds. The molecule has 2 unspecified atom stereocenters. The minimum Gasteiger partial charge on any atom is -0.461 e. The van der Waals surface area contributed by atoms with Crippen LogP contribution in [0.1, 0.15) is 25.8 Å². The van der Waals surface area contributed by atoms with Crippen molar-refractivity contribution < 1.29 is 14.3 Å². The highest BCUT2D eigenvalue weighted by atomic mass is 16.5. The predicted octanol–water partition coefficient (Wildman–Crippen LogP) is 2.38. The summed E-state index contributed by atoms with van der Waals surface area (Å²) in [6.45, 7) is 5.56. The van der Waals surface area contributed by atoms with Gasteiger partial charge in [-0.3, -0.25) is 4.79 Å². The molecule has 0 fully saturated rings. The molecule has 0 aliphatic carbocycles. The first-order chi connectivity index (χ1) is 9.67. The zero-order chi connectivity index (χ0) is 14.8. The number of hydrogen-bond acceptors (Lipinski definition) is 4. The molecule has 1 aromatic carbocycles. The number of benzene rings is 1. The first kappa shape index (κ1) is 16.7. The fraction of sp³-hybridized carbons (Fsp3) is 0.562. The van der Waals surface area contributed by atoms with E-state index in [2.05, 4.69) is 12.2 Å². The first-order valence-corrected chi connectivity index (χ1v) is 7.10. The molecule has 4 heteroatoms. The quantitative estimate of drug-likeness (QED) is 0.705. The lowest BCUT2D eigenvalue weighted by atomic mass is 10.1. The standard InChI is InChI=1S/C16H25NO3/c1-4-15(12-19-3)17-10-13(2)16(18)20-11-14-8-6-5-7-9-14/h5-9,13,15,17H,4,10-12H2,1-3H3. The Balaban J connectivity index is 2.28. The van der Waals surface area contributed by atoms with E-state index in [0.717, 1.165) is 12.0 Å². The summed E-state index contributed by atoms with van der Waals surface area (Å²) in [5.41, 5.74) is 1.01. The van der Waals surface area contributed by atoms with Crippen LogP contribution in [0.15, 0.2) is 30.3 Å². The summed E-state index contributed by atoms with van der Waals surface area (Å²) in [6, 6.07) is 9.99. The van der Waals surface area contributed by atoms with Crippen LogP contribution < -0.4 is 5.32 Å². The highest BCUT2D eigenvalue weighted by Crippen LogP contribution is 2.05. The molecule has 0 radical (unpaired) electrons. The maximum atomic E-state index is 11.9. The van der Waals surface area contributed by atoms with Crippen molar-refractivity contribution in [2.45, 2.75) is 32.9 Å². The lowest BCUT2D eigenvalue weighted by Gasteiger charge is -2.18. The first-order valence-electron chi connectivity index (χ1n) is 7.10. The summed E-state index contributed by atoms with van der Waals surface area (Å²) < 4.78 is 10.4. The Morgan fingerprint density at radius 1 is 1.30 bits per heavy atom. The number of methoxy groups -OCH3 is 1. The molecule has 0 aliphatic heterocycles. The van der Waals surface area contributed by atoms with Crippen molar-refractivity contribution in [1.82, 2.24) is 5.32 Å². The van der Waals surface area contributed by atoms with Crippen molar-refractivity contribution in [1.29, 1.82) is 0 Å². The minimum absolute atomic E-state index is 0.162. The molecule has 4 nitrogen and oxygen atoms in total. The molecular weight excluding hydrogens is 254 g/mol. The molecule has 0 aliphatic rings. The number of ether oxygens (including phenoxy) is 2. The average molecular weight is 279 g/mol. The Kier molecular flexibility index (Phi) is 7.92. The van der Waals surface area contributed by atoms with Gasteiger partial charge in [-0.2, -0.15) is 0 Å². The normalized spacial score (nSPS) is 13.8.